The molecule has 2 rings (SSSR count). The first kappa shape index (κ1) is 15.3. The summed E-state index contributed by atoms with van der Waals surface area (Å²) in [5, 5.41) is 14.1. The zero-order chi connectivity index (χ0) is 15.9. The Morgan fingerprint density at radius 2 is 1.50 bits per heavy atom. The summed E-state index contributed by atoms with van der Waals surface area (Å²) in [6.45, 7) is 0.368. The Balaban J connectivity index is 1.95. The zero-order valence-electron chi connectivity index (χ0n) is 12.1. The third kappa shape index (κ3) is 3.70. The second-order valence-electron chi connectivity index (χ2n) is 4.65. The van der Waals surface area contributed by atoms with Crippen molar-refractivity contribution in [2.75, 3.05) is 7.05 Å². The second-order valence-corrected chi connectivity index (χ2v) is 4.65. The average molecular weight is 293 g/mol. The maximum atomic E-state index is 12.0. The van der Waals surface area contributed by atoms with E-state index in [1.165, 1.54) is 0 Å². The van der Waals surface area contributed by atoms with Crippen molar-refractivity contribution in [3.63, 3.8) is 0 Å². The standard InChI is InChI=1S/C17H15N3O2/c1-19-16(21)14-8-4-13(5-9-14)11-20-17(22)15-6-2-12(10-18)3-7-15/h2-9H,11H2,1H3,(H,19,21)(H,20,22). The molecule has 2 aromatic carbocycles. The molecule has 0 aliphatic rings. The van der Waals surface area contributed by atoms with E-state index in [9.17, 15) is 9.59 Å². The molecule has 0 radical (unpaired) electrons. The van der Waals surface area contributed by atoms with Crippen LogP contribution < -0.4 is 10.6 Å². The number of rotatable bonds is 4. The SMILES string of the molecule is CNC(=O)c1ccc(CNC(=O)c2ccc(C#N)cc2)cc1. The van der Waals surface area contributed by atoms with E-state index in [4.69, 9.17) is 5.26 Å². The minimum absolute atomic E-state index is 0.145. The fraction of sp³-hybridized carbons (Fsp3) is 0.118. The van der Waals surface area contributed by atoms with Crippen LogP contribution in [0.3, 0.4) is 0 Å². The summed E-state index contributed by atoms with van der Waals surface area (Å²) in [6.07, 6.45) is 0. The van der Waals surface area contributed by atoms with Crippen molar-refractivity contribution in [2.45, 2.75) is 6.54 Å². The number of amides is 2. The van der Waals surface area contributed by atoms with E-state index in [-0.39, 0.29) is 11.8 Å². The highest BCUT2D eigenvalue weighted by Gasteiger charge is 2.06. The first-order valence-corrected chi connectivity index (χ1v) is 6.73. The summed E-state index contributed by atoms with van der Waals surface area (Å²) in [5.41, 5.74) is 2.49. The number of nitrogens with one attached hydrogen (secondary N) is 2. The molecule has 2 N–H and O–H groups in total. The van der Waals surface area contributed by atoms with Crippen LogP contribution in [0.25, 0.3) is 0 Å². The molecule has 5 heteroatoms. The molecular weight excluding hydrogens is 278 g/mol. The Labute approximate surface area is 128 Å². The zero-order valence-corrected chi connectivity index (χ0v) is 12.1. The van der Waals surface area contributed by atoms with Crippen LogP contribution in [0.15, 0.2) is 48.5 Å². The highest BCUT2D eigenvalue weighted by Crippen LogP contribution is 2.06. The monoisotopic (exact) mass is 293 g/mol. The van der Waals surface area contributed by atoms with Gasteiger partial charge in [-0.1, -0.05) is 12.1 Å². The molecule has 22 heavy (non-hydrogen) atoms. The molecule has 0 heterocycles. The maximum Gasteiger partial charge on any atom is 0.251 e. The fourth-order valence-electron chi connectivity index (χ4n) is 1.90. The van der Waals surface area contributed by atoms with E-state index in [0.717, 1.165) is 5.56 Å². The second kappa shape index (κ2) is 7.04. The number of hydrogen-bond donors (Lipinski definition) is 2. The van der Waals surface area contributed by atoms with Crippen molar-refractivity contribution in [1.29, 1.82) is 5.26 Å². The van der Waals surface area contributed by atoms with E-state index in [1.54, 1.807) is 55.6 Å². The van der Waals surface area contributed by atoms with E-state index < -0.39 is 0 Å². The Morgan fingerprint density at radius 3 is 2.05 bits per heavy atom. The lowest BCUT2D eigenvalue weighted by atomic mass is 10.1. The van der Waals surface area contributed by atoms with Crippen molar-refractivity contribution in [1.82, 2.24) is 10.6 Å². The summed E-state index contributed by atoms with van der Waals surface area (Å²) >= 11 is 0. The molecule has 0 saturated heterocycles. The van der Waals surface area contributed by atoms with Crippen LogP contribution in [-0.4, -0.2) is 18.9 Å². The van der Waals surface area contributed by atoms with Crippen molar-refractivity contribution >= 4 is 11.8 Å². The molecule has 0 unspecified atom stereocenters. The molecule has 2 amide bonds. The average Bonchev–Trinajstić information content (AvgIpc) is 2.59. The van der Waals surface area contributed by atoms with Crippen molar-refractivity contribution in [2.24, 2.45) is 0 Å². The first-order chi connectivity index (χ1) is 10.6. The van der Waals surface area contributed by atoms with Crippen molar-refractivity contribution < 1.29 is 9.59 Å². The Bertz CT molecular complexity index is 713. The predicted octanol–water partition coefficient (Wildman–Crippen LogP) is 1.85. The van der Waals surface area contributed by atoms with Gasteiger partial charge in [0.2, 0.25) is 0 Å². The molecule has 0 aliphatic carbocycles. The lowest BCUT2D eigenvalue weighted by Gasteiger charge is -2.06. The van der Waals surface area contributed by atoms with Crippen LogP contribution in [-0.2, 0) is 6.54 Å². The van der Waals surface area contributed by atoms with Gasteiger partial charge in [0.25, 0.3) is 11.8 Å². The molecule has 0 aromatic heterocycles. The molecule has 2 aromatic rings. The third-order valence-electron chi connectivity index (χ3n) is 3.17. The molecule has 0 spiro atoms. The number of nitrogens with zero attached hydrogens (tertiary/aromatic N) is 1. The molecule has 0 atom stereocenters. The van der Waals surface area contributed by atoms with Crippen LogP contribution in [0.2, 0.25) is 0 Å². The highest BCUT2D eigenvalue weighted by atomic mass is 16.2. The molecule has 0 bridgehead atoms. The molecule has 0 saturated carbocycles. The lowest BCUT2D eigenvalue weighted by molar-refractivity contribution is 0.0946. The van der Waals surface area contributed by atoms with Gasteiger partial charge in [0.15, 0.2) is 0 Å². The van der Waals surface area contributed by atoms with E-state index in [0.29, 0.717) is 23.2 Å². The largest absolute Gasteiger partial charge is 0.355 e. The summed E-state index contributed by atoms with van der Waals surface area (Å²) in [5.74, 6) is -0.354. The van der Waals surface area contributed by atoms with Gasteiger partial charge in [-0.15, -0.1) is 0 Å². The smallest absolute Gasteiger partial charge is 0.251 e. The van der Waals surface area contributed by atoms with E-state index in [1.807, 2.05) is 6.07 Å². The number of benzene rings is 2. The van der Waals surface area contributed by atoms with Gasteiger partial charge < -0.3 is 10.6 Å². The van der Waals surface area contributed by atoms with Crippen LogP contribution in [0, 0.1) is 11.3 Å². The van der Waals surface area contributed by atoms with Crippen molar-refractivity contribution in [3.8, 4) is 6.07 Å². The first-order valence-electron chi connectivity index (χ1n) is 6.73. The number of nitriles is 1. The van der Waals surface area contributed by atoms with Crippen LogP contribution >= 0.6 is 0 Å². The van der Waals surface area contributed by atoms with Gasteiger partial charge in [-0.2, -0.15) is 5.26 Å². The summed E-state index contributed by atoms with van der Waals surface area (Å²) in [7, 11) is 1.58. The minimum atomic E-state index is -0.208. The number of carbonyl (C=O) groups excluding carboxylic acids is 2. The third-order valence-corrected chi connectivity index (χ3v) is 3.17. The molecular formula is C17H15N3O2. The maximum absolute atomic E-state index is 12.0. The van der Waals surface area contributed by atoms with Crippen molar-refractivity contribution in [3.05, 3.63) is 70.8 Å². The predicted molar refractivity (Wildman–Crippen MR) is 82.2 cm³/mol. The molecule has 0 fully saturated rings. The van der Waals surface area contributed by atoms with Crippen LogP contribution in [0.4, 0.5) is 0 Å². The Kier molecular flexibility index (Phi) is 4.89. The summed E-state index contributed by atoms with van der Waals surface area (Å²) < 4.78 is 0. The van der Waals surface area contributed by atoms with E-state index >= 15 is 0 Å². The Morgan fingerprint density at radius 1 is 0.955 bits per heavy atom. The van der Waals surface area contributed by atoms with Gasteiger partial charge in [0, 0.05) is 24.7 Å². The summed E-state index contributed by atoms with van der Waals surface area (Å²) in [4.78, 5) is 23.4. The summed E-state index contributed by atoms with van der Waals surface area (Å²) in [6, 6.07) is 15.5. The van der Waals surface area contributed by atoms with Crippen LogP contribution in [0.5, 0.6) is 0 Å². The van der Waals surface area contributed by atoms with Gasteiger partial charge in [0.05, 0.1) is 11.6 Å². The van der Waals surface area contributed by atoms with Crippen LogP contribution in [0.1, 0.15) is 31.8 Å². The minimum Gasteiger partial charge on any atom is -0.355 e. The highest BCUT2D eigenvalue weighted by molar-refractivity contribution is 5.94. The molecule has 5 nitrogen and oxygen atoms in total. The van der Waals surface area contributed by atoms with Gasteiger partial charge in [-0.05, 0) is 42.0 Å². The molecule has 0 aliphatic heterocycles. The number of hydrogen-bond acceptors (Lipinski definition) is 3. The van der Waals surface area contributed by atoms with E-state index in [2.05, 4.69) is 10.6 Å². The quantitative estimate of drug-likeness (QED) is 0.902. The van der Waals surface area contributed by atoms with Gasteiger partial charge in [-0.25, -0.2) is 0 Å². The van der Waals surface area contributed by atoms with Gasteiger partial charge in [-0.3, -0.25) is 9.59 Å². The topological polar surface area (TPSA) is 82.0 Å². The molecule has 110 valence electrons. The fourth-order valence-corrected chi connectivity index (χ4v) is 1.90. The Hall–Kier alpha value is -3.13. The number of carbonyl (C=O) groups is 2. The van der Waals surface area contributed by atoms with Gasteiger partial charge in [0.1, 0.15) is 0 Å². The van der Waals surface area contributed by atoms with Gasteiger partial charge >= 0.3 is 0 Å². The normalized spacial score (nSPS) is 9.64. The lowest BCUT2D eigenvalue weighted by Crippen LogP contribution is -2.23.